The number of benzene rings is 1. The van der Waals surface area contributed by atoms with Crippen LogP contribution in [0.3, 0.4) is 0 Å². The number of likely N-dealkylation sites (tertiary alicyclic amines) is 1. The van der Waals surface area contributed by atoms with Gasteiger partial charge in [0.2, 0.25) is 0 Å². The zero-order valence-electron chi connectivity index (χ0n) is 15.2. The number of nitrogens with zero attached hydrogens (tertiary/aromatic N) is 2. The molecule has 1 amide bonds. The van der Waals surface area contributed by atoms with Crippen LogP contribution in [0.5, 0.6) is 5.75 Å². The lowest BCUT2D eigenvalue weighted by Crippen LogP contribution is -2.48. The number of phenolic OH excluding ortho intramolecular Hbond substituents is 1. The fourth-order valence-corrected chi connectivity index (χ4v) is 3.90. The Morgan fingerprint density at radius 2 is 1.92 bits per heavy atom. The van der Waals surface area contributed by atoms with Crippen molar-refractivity contribution in [3.05, 3.63) is 23.3 Å². The number of hydrogen-bond acceptors (Lipinski definition) is 4. The summed E-state index contributed by atoms with van der Waals surface area (Å²) >= 11 is 0. The van der Waals surface area contributed by atoms with Gasteiger partial charge in [-0.2, -0.15) is 13.2 Å². The first-order chi connectivity index (χ1) is 11.9. The van der Waals surface area contributed by atoms with E-state index in [1.807, 2.05) is 0 Å². The van der Waals surface area contributed by atoms with Crippen LogP contribution in [-0.4, -0.2) is 47.9 Å². The summed E-state index contributed by atoms with van der Waals surface area (Å²) in [5, 5.41) is 9.82. The molecule has 0 unspecified atom stereocenters. The normalized spacial score (nSPS) is 22.9. The zero-order chi connectivity index (χ0) is 19.4. The number of piperidine rings is 1. The largest absolute Gasteiger partial charge is 0.508 e. The quantitative estimate of drug-likeness (QED) is 0.749. The third kappa shape index (κ3) is 3.29. The predicted octanol–water partition coefficient (Wildman–Crippen LogP) is 3.95. The number of aromatic hydroxyl groups is 1. The molecule has 0 aromatic heterocycles. The molecule has 1 N–H and O–H groups in total. The van der Waals surface area contributed by atoms with Gasteiger partial charge in [0.25, 0.3) is 0 Å². The Labute approximate surface area is 150 Å². The molecule has 1 aromatic rings. The van der Waals surface area contributed by atoms with E-state index in [1.54, 1.807) is 32.7 Å². The summed E-state index contributed by atoms with van der Waals surface area (Å²) in [5.74, 6) is -0.719. The third-order valence-corrected chi connectivity index (χ3v) is 4.91. The van der Waals surface area contributed by atoms with Gasteiger partial charge in [-0.3, -0.25) is 0 Å². The minimum absolute atomic E-state index is 0.0938. The summed E-state index contributed by atoms with van der Waals surface area (Å²) in [5.41, 5.74) is -0.956. The Bertz CT molecular complexity index is 728. The molecular weight excluding hydrogens is 349 g/mol. The van der Waals surface area contributed by atoms with Crippen molar-refractivity contribution < 1.29 is 27.8 Å². The molecule has 5 nitrogen and oxygen atoms in total. The third-order valence-electron chi connectivity index (χ3n) is 4.91. The molecule has 0 radical (unpaired) electrons. The summed E-state index contributed by atoms with van der Waals surface area (Å²) in [6.07, 6.45) is -4.49. The number of halogens is 3. The van der Waals surface area contributed by atoms with Crippen molar-refractivity contribution >= 4 is 11.8 Å². The fraction of sp³-hybridized carbons (Fsp3) is 0.611. The number of hydrogen-bond donors (Lipinski definition) is 1. The average Bonchev–Trinajstić information content (AvgIpc) is 2.76. The summed E-state index contributed by atoms with van der Waals surface area (Å²) in [4.78, 5) is 15.5. The van der Waals surface area contributed by atoms with Crippen molar-refractivity contribution in [2.45, 2.75) is 50.9 Å². The second-order valence-corrected chi connectivity index (χ2v) is 7.93. The van der Waals surface area contributed by atoms with E-state index in [1.165, 1.54) is 11.0 Å². The maximum atomic E-state index is 13.4. The number of carbonyl (C=O) groups excluding carboxylic acids is 1. The van der Waals surface area contributed by atoms with E-state index < -0.39 is 29.2 Å². The highest BCUT2D eigenvalue weighted by Crippen LogP contribution is 2.51. The van der Waals surface area contributed by atoms with E-state index in [0.717, 1.165) is 6.07 Å². The van der Waals surface area contributed by atoms with Gasteiger partial charge in [0.05, 0.1) is 11.3 Å². The Balaban J connectivity index is 1.94. The smallest absolute Gasteiger partial charge is 0.418 e. The molecule has 1 aromatic carbocycles. The van der Waals surface area contributed by atoms with Gasteiger partial charge >= 0.3 is 12.3 Å². The van der Waals surface area contributed by atoms with Gasteiger partial charge in [0.1, 0.15) is 11.4 Å². The number of rotatable bonds is 0. The molecule has 0 spiro atoms. The van der Waals surface area contributed by atoms with Gasteiger partial charge in [-0.05, 0) is 44.9 Å². The first kappa shape index (κ1) is 18.7. The monoisotopic (exact) mass is 372 g/mol. The Morgan fingerprint density at radius 1 is 1.27 bits per heavy atom. The minimum atomic E-state index is -4.56. The predicted molar refractivity (Wildman–Crippen MR) is 90.5 cm³/mol. The summed E-state index contributed by atoms with van der Waals surface area (Å²) in [6.45, 7) is 5.98. The second-order valence-electron chi connectivity index (χ2n) is 7.93. The van der Waals surface area contributed by atoms with Crippen LogP contribution >= 0.6 is 0 Å². The minimum Gasteiger partial charge on any atom is -0.508 e. The molecule has 8 heteroatoms. The Kier molecular flexibility index (Phi) is 4.28. The second kappa shape index (κ2) is 5.96. The van der Waals surface area contributed by atoms with E-state index in [-0.39, 0.29) is 24.2 Å². The first-order valence-corrected chi connectivity index (χ1v) is 8.53. The van der Waals surface area contributed by atoms with E-state index in [2.05, 4.69) is 0 Å². The van der Waals surface area contributed by atoms with E-state index >= 15 is 0 Å². The maximum Gasteiger partial charge on any atom is 0.418 e. The van der Waals surface area contributed by atoms with Gasteiger partial charge < -0.3 is 19.6 Å². The van der Waals surface area contributed by atoms with Crippen molar-refractivity contribution in [3.63, 3.8) is 0 Å². The van der Waals surface area contributed by atoms with Gasteiger partial charge in [-0.25, -0.2) is 4.79 Å². The summed E-state index contributed by atoms with van der Waals surface area (Å²) in [6, 6.07) is 1.99. The maximum absolute atomic E-state index is 13.4. The molecule has 2 aliphatic heterocycles. The zero-order valence-corrected chi connectivity index (χ0v) is 15.2. The van der Waals surface area contributed by atoms with Crippen molar-refractivity contribution in [1.82, 2.24) is 4.90 Å². The molecule has 0 aliphatic carbocycles. The molecule has 0 bridgehead atoms. The number of fused-ring (bicyclic) bond motifs is 3. The van der Waals surface area contributed by atoms with Crippen LogP contribution in [0.4, 0.5) is 23.7 Å². The van der Waals surface area contributed by atoms with Crippen LogP contribution in [0.2, 0.25) is 0 Å². The van der Waals surface area contributed by atoms with E-state index in [4.69, 9.17) is 4.74 Å². The van der Waals surface area contributed by atoms with Crippen molar-refractivity contribution in [2.24, 2.45) is 0 Å². The van der Waals surface area contributed by atoms with Gasteiger partial charge in [0, 0.05) is 32.1 Å². The lowest BCUT2D eigenvalue weighted by molar-refractivity contribution is -0.137. The highest BCUT2D eigenvalue weighted by atomic mass is 19.4. The van der Waals surface area contributed by atoms with Gasteiger partial charge in [-0.1, -0.05) is 0 Å². The lowest BCUT2D eigenvalue weighted by atomic mass is 9.88. The number of ether oxygens (including phenoxy) is 1. The Morgan fingerprint density at radius 3 is 2.50 bits per heavy atom. The average molecular weight is 372 g/mol. The number of alkyl halides is 3. The molecule has 1 fully saturated rings. The molecule has 2 atom stereocenters. The standard InChI is InChI=1S/C18H23F3N2O3/c1-17(2,3)26-16(25)23-6-5-14-12(9-23)11-7-10(24)8-13(18(19,20)21)15(11)22(14)4/h7-8,12,14,24H,5-6,9H2,1-4H3/t12-,14-/m0/s1. The van der Waals surface area contributed by atoms with Crippen molar-refractivity contribution in [3.8, 4) is 5.75 Å². The molecule has 3 rings (SSSR count). The topological polar surface area (TPSA) is 53.0 Å². The van der Waals surface area contributed by atoms with Crippen LogP contribution in [0, 0.1) is 0 Å². The van der Waals surface area contributed by atoms with E-state index in [0.29, 0.717) is 18.5 Å². The Hall–Kier alpha value is -2.12. The molecule has 26 heavy (non-hydrogen) atoms. The highest BCUT2D eigenvalue weighted by molar-refractivity contribution is 5.72. The molecule has 1 saturated heterocycles. The van der Waals surface area contributed by atoms with Crippen LogP contribution in [0.1, 0.15) is 44.2 Å². The first-order valence-electron chi connectivity index (χ1n) is 8.53. The van der Waals surface area contributed by atoms with Crippen molar-refractivity contribution in [1.29, 1.82) is 0 Å². The molecule has 2 aliphatic rings. The SMILES string of the molecule is CN1c2c(cc(O)cc2C(F)(F)F)[C@@H]2CN(C(=O)OC(C)(C)C)CC[C@@H]21. The van der Waals surface area contributed by atoms with Crippen LogP contribution in [0.25, 0.3) is 0 Å². The highest BCUT2D eigenvalue weighted by Gasteiger charge is 2.47. The molecule has 144 valence electrons. The lowest BCUT2D eigenvalue weighted by Gasteiger charge is -2.38. The summed E-state index contributed by atoms with van der Waals surface area (Å²) < 4.78 is 45.7. The van der Waals surface area contributed by atoms with E-state index in [9.17, 15) is 23.1 Å². The van der Waals surface area contributed by atoms with Gasteiger partial charge in [0.15, 0.2) is 0 Å². The van der Waals surface area contributed by atoms with Crippen LogP contribution < -0.4 is 4.90 Å². The number of phenols is 1. The molecule has 0 saturated carbocycles. The summed E-state index contributed by atoms with van der Waals surface area (Å²) in [7, 11) is 1.64. The number of likely N-dealkylation sites (N-methyl/N-ethyl adjacent to an activating group) is 1. The number of anilines is 1. The fourth-order valence-electron chi connectivity index (χ4n) is 3.90. The van der Waals surface area contributed by atoms with Gasteiger partial charge in [-0.15, -0.1) is 0 Å². The number of amides is 1. The van der Waals surface area contributed by atoms with Crippen LogP contribution in [-0.2, 0) is 10.9 Å². The van der Waals surface area contributed by atoms with Crippen molar-refractivity contribution in [2.75, 3.05) is 25.0 Å². The number of carbonyl (C=O) groups is 1. The molecule has 2 heterocycles. The molecular formula is C18H23F3N2O3. The van der Waals surface area contributed by atoms with Crippen LogP contribution in [0.15, 0.2) is 12.1 Å².